The smallest absolute Gasteiger partial charge is 0.323 e. The zero-order valence-corrected chi connectivity index (χ0v) is 11.7. The van der Waals surface area contributed by atoms with Crippen LogP contribution in [0.15, 0.2) is 0 Å². The molecule has 0 fully saturated rings. The lowest BCUT2D eigenvalue weighted by atomic mass is 9.91. The average molecular weight is 247 g/mol. The highest BCUT2D eigenvalue weighted by molar-refractivity contribution is 7.99. The summed E-state index contributed by atoms with van der Waals surface area (Å²) < 4.78 is 0. The predicted molar refractivity (Wildman–Crippen MR) is 71.2 cm³/mol. The molecule has 0 spiro atoms. The van der Waals surface area contributed by atoms with Gasteiger partial charge in [0.15, 0.2) is 0 Å². The molecular formula is C12H25NO2S. The van der Waals surface area contributed by atoms with E-state index < -0.39 is 11.5 Å². The number of carboxylic acid groups (broad SMARTS) is 1. The lowest BCUT2D eigenvalue weighted by molar-refractivity contribution is -0.145. The monoisotopic (exact) mass is 247 g/mol. The second-order valence-corrected chi connectivity index (χ2v) is 5.73. The summed E-state index contributed by atoms with van der Waals surface area (Å²) in [6, 6.07) is 0. The Labute approximate surface area is 103 Å². The van der Waals surface area contributed by atoms with E-state index in [0.29, 0.717) is 18.1 Å². The van der Waals surface area contributed by atoms with Crippen LogP contribution in [0, 0.1) is 0 Å². The lowest BCUT2D eigenvalue weighted by Crippen LogP contribution is -2.49. The molecule has 0 aromatic heterocycles. The van der Waals surface area contributed by atoms with Gasteiger partial charge in [0.25, 0.3) is 0 Å². The molecule has 0 saturated heterocycles. The molecule has 2 unspecified atom stereocenters. The van der Waals surface area contributed by atoms with Gasteiger partial charge in [-0.3, -0.25) is 4.79 Å². The largest absolute Gasteiger partial charge is 0.480 e. The van der Waals surface area contributed by atoms with Gasteiger partial charge in [0, 0.05) is 5.25 Å². The van der Waals surface area contributed by atoms with Crippen LogP contribution in [0.4, 0.5) is 0 Å². The molecular weight excluding hydrogens is 222 g/mol. The molecule has 0 heterocycles. The molecule has 0 aromatic carbocycles. The van der Waals surface area contributed by atoms with Crippen LogP contribution in [0.5, 0.6) is 0 Å². The Hall–Kier alpha value is -0.220. The van der Waals surface area contributed by atoms with Gasteiger partial charge in [-0.2, -0.15) is 11.8 Å². The van der Waals surface area contributed by atoms with Crippen molar-refractivity contribution in [3.8, 4) is 0 Å². The van der Waals surface area contributed by atoms with Crippen LogP contribution in [0.1, 0.15) is 46.5 Å². The standard InChI is InChI=1S/C12H25NO2S/c1-5-10(3)16-9-7-8-12(6-2,13-4)11(14)15/h10,13H,5-9H2,1-4H3,(H,14,15). The van der Waals surface area contributed by atoms with E-state index in [9.17, 15) is 9.90 Å². The van der Waals surface area contributed by atoms with Crippen LogP contribution in [0.25, 0.3) is 0 Å². The highest BCUT2D eigenvalue weighted by Gasteiger charge is 2.33. The van der Waals surface area contributed by atoms with Gasteiger partial charge < -0.3 is 10.4 Å². The van der Waals surface area contributed by atoms with Crippen molar-refractivity contribution in [3.05, 3.63) is 0 Å². The fraction of sp³-hybridized carbons (Fsp3) is 0.917. The summed E-state index contributed by atoms with van der Waals surface area (Å²) in [6.45, 7) is 6.32. The number of nitrogens with one attached hydrogen (secondary N) is 1. The number of thioether (sulfide) groups is 1. The Balaban J connectivity index is 3.99. The van der Waals surface area contributed by atoms with Gasteiger partial charge in [-0.25, -0.2) is 0 Å². The van der Waals surface area contributed by atoms with E-state index in [1.54, 1.807) is 7.05 Å². The third-order valence-corrected chi connectivity index (χ3v) is 4.64. The summed E-state index contributed by atoms with van der Waals surface area (Å²) in [5.41, 5.74) is -0.726. The van der Waals surface area contributed by atoms with Crippen LogP contribution in [0.3, 0.4) is 0 Å². The SMILES string of the molecule is CCC(C)SCCCC(CC)(NC)C(=O)O. The Bertz CT molecular complexity index is 205. The number of likely N-dealkylation sites (N-methyl/N-ethyl adjacent to an activating group) is 1. The second kappa shape index (κ2) is 7.96. The van der Waals surface area contributed by atoms with E-state index in [2.05, 4.69) is 19.2 Å². The van der Waals surface area contributed by atoms with Gasteiger partial charge >= 0.3 is 5.97 Å². The second-order valence-electron chi connectivity index (χ2n) is 4.18. The van der Waals surface area contributed by atoms with E-state index in [-0.39, 0.29) is 0 Å². The van der Waals surface area contributed by atoms with Crippen LogP contribution in [-0.4, -0.2) is 34.7 Å². The molecule has 0 bridgehead atoms. The third-order valence-electron chi connectivity index (χ3n) is 3.22. The van der Waals surface area contributed by atoms with Crippen molar-refractivity contribution in [1.82, 2.24) is 5.32 Å². The lowest BCUT2D eigenvalue weighted by Gasteiger charge is -2.27. The van der Waals surface area contributed by atoms with Crippen molar-refractivity contribution >= 4 is 17.7 Å². The maximum absolute atomic E-state index is 11.2. The molecule has 0 rings (SSSR count). The van der Waals surface area contributed by atoms with E-state index in [0.717, 1.165) is 12.2 Å². The van der Waals surface area contributed by atoms with Crippen LogP contribution < -0.4 is 5.32 Å². The van der Waals surface area contributed by atoms with Gasteiger partial charge in [-0.15, -0.1) is 0 Å². The van der Waals surface area contributed by atoms with Gasteiger partial charge in [0.1, 0.15) is 5.54 Å². The first kappa shape index (κ1) is 15.8. The zero-order valence-electron chi connectivity index (χ0n) is 10.9. The number of hydrogen-bond acceptors (Lipinski definition) is 3. The molecule has 0 saturated carbocycles. The number of carboxylic acids is 1. The minimum absolute atomic E-state index is 0.632. The van der Waals surface area contributed by atoms with Gasteiger partial charge in [-0.1, -0.05) is 20.8 Å². The Morgan fingerprint density at radius 1 is 1.50 bits per heavy atom. The first-order valence-corrected chi connectivity index (χ1v) is 7.11. The molecule has 0 aliphatic carbocycles. The van der Waals surface area contributed by atoms with E-state index in [1.165, 1.54) is 6.42 Å². The Kier molecular flexibility index (Phi) is 7.85. The number of rotatable bonds is 9. The van der Waals surface area contributed by atoms with Crippen LogP contribution >= 0.6 is 11.8 Å². The summed E-state index contributed by atoms with van der Waals surface area (Å²) in [5.74, 6) is 0.317. The topological polar surface area (TPSA) is 49.3 Å². The van der Waals surface area contributed by atoms with Crippen molar-refractivity contribution in [3.63, 3.8) is 0 Å². The van der Waals surface area contributed by atoms with Crippen LogP contribution in [-0.2, 0) is 4.79 Å². The summed E-state index contributed by atoms with van der Waals surface area (Å²) in [6.07, 6.45) is 3.47. The Morgan fingerprint density at radius 2 is 2.12 bits per heavy atom. The maximum atomic E-state index is 11.2. The number of carbonyl (C=O) groups is 1. The molecule has 0 aliphatic heterocycles. The molecule has 16 heavy (non-hydrogen) atoms. The first-order valence-electron chi connectivity index (χ1n) is 6.06. The number of hydrogen-bond donors (Lipinski definition) is 2. The van der Waals surface area contributed by atoms with Gasteiger partial charge in [-0.05, 0) is 38.5 Å². The minimum atomic E-state index is -0.731. The fourth-order valence-electron chi connectivity index (χ4n) is 1.62. The maximum Gasteiger partial charge on any atom is 0.323 e. The molecule has 0 aliphatic rings. The normalized spacial score (nSPS) is 16.8. The summed E-state index contributed by atoms with van der Waals surface area (Å²) in [4.78, 5) is 11.2. The summed E-state index contributed by atoms with van der Waals surface area (Å²) in [5, 5.41) is 12.8. The molecule has 2 atom stereocenters. The minimum Gasteiger partial charge on any atom is -0.480 e. The molecule has 4 heteroatoms. The summed E-state index contributed by atoms with van der Waals surface area (Å²) >= 11 is 1.93. The van der Waals surface area contributed by atoms with Gasteiger partial charge in [0.2, 0.25) is 0 Å². The fourth-order valence-corrected chi connectivity index (χ4v) is 2.57. The van der Waals surface area contributed by atoms with E-state index >= 15 is 0 Å². The molecule has 0 aromatic rings. The van der Waals surface area contributed by atoms with E-state index in [1.807, 2.05) is 18.7 Å². The molecule has 0 amide bonds. The predicted octanol–water partition coefficient (Wildman–Crippen LogP) is 2.75. The van der Waals surface area contributed by atoms with E-state index in [4.69, 9.17) is 0 Å². The molecule has 96 valence electrons. The third kappa shape index (κ3) is 4.74. The van der Waals surface area contributed by atoms with Crippen molar-refractivity contribution in [2.45, 2.75) is 57.2 Å². The first-order chi connectivity index (χ1) is 7.52. The summed E-state index contributed by atoms with van der Waals surface area (Å²) in [7, 11) is 1.74. The Morgan fingerprint density at radius 3 is 2.50 bits per heavy atom. The van der Waals surface area contributed by atoms with Gasteiger partial charge in [0.05, 0.1) is 0 Å². The van der Waals surface area contributed by atoms with Crippen molar-refractivity contribution in [2.24, 2.45) is 0 Å². The highest BCUT2D eigenvalue weighted by atomic mass is 32.2. The van der Waals surface area contributed by atoms with Crippen LogP contribution in [0.2, 0.25) is 0 Å². The van der Waals surface area contributed by atoms with Crippen molar-refractivity contribution < 1.29 is 9.90 Å². The quantitative estimate of drug-likeness (QED) is 0.615. The van der Waals surface area contributed by atoms with Crippen molar-refractivity contribution in [2.75, 3.05) is 12.8 Å². The molecule has 0 radical (unpaired) electrons. The molecule has 3 nitrogen and oxygen atoms in total. The highest BCUT2D eigenvalue weighted by Crippen LogP contribution is 2.21. The van der Waals surface area contributed by atoms with Crippen molar-refractivity contribution in [1.29, 1.82) is 0 Å². The average Bonchev–Trinajstić information content (AvgIpc) is 2.29. The molecule has 2 N–H and O–H groups in total. The zero-order chi connectivity index (χ0) is 12.6. The number of aliphatic carboxylic acids is 1.